The quantitative estimate of drug-likeness (QED) is 0.0438. The molecule has 0 bridgehead atoms. The normalized spacial score (nSPS) is 21.1. The molecule has 0 radical (unpaired) electrons. The third-order valence-corrected chi connectivity index (χ3v) is 24.9. The maximum Gasteiger partial charge on any atom is -0.0134 e. The minimum absolute atomic E-state index is 0. The van der Waals surface area contributed by atoms with Crippen LogP contribution in [0.3, 0.4) is 0 Å². The number of Topliss-reactive ketones (excluding diaryl/α,β-unsaturated/α-hetero) is 1. The third kappa shape index (κ3) is 17.9. The summed E-state index contributed by atoms with van der Waals surface area (Å²) in [5.41, 5.74) is 14.0. The summed E-state index contributed by atoms with van der Waals surface area (Å²) in [6, 6.07) is 72.0. The summed E-state index contributed by atoms with van der Waals surface area (Å²) in [7, 11) is 10.4. The average molecular weight is 1640 g/mol. The van der Waals surface area contributed by atoms with Crippen LogP contribution in [0.25, 0.3) is 11.6 Å². The summed E-state index contributed by atoms with van der Waals surface area (Å²) in [6.45, 7) is 5.04. The van der Waals surface area contributed by atoms with Crippen molar-refractivity contribution in [3.05, 3.63) is 262 Å². The van der Waals surface area contributed by atoms with Gasteiger partial charge >= 0.3 is 35.0 Å². The maximum absolute atomic E-state index is 12.1. The van der Waals surface area contributed by atoms with E-state index >= 15 is 0 Å². The van der Waals surface area contributed by atoms with E-state index in [0.29, 0.717) is 59.4 Å². The average Bonchev–Trinajstić information content (AvgIpc) is 1.56. The zero-order valence-corrected chi connectivity index (χ0v) is 63.0. The van der Waals surface area contributed by atoms with Crippen LogP contribution in [-0.4, -0.2) is 92.9 Å². The molecule has 5 heterocycles. The Bertz CT molecular complexity index is 4400. The number of primary amides is 2. The van der Waals surface area contributed by atoms with Gasteiger partial charge in [-0.3, -0.25) is 19.2 Å². The number of terminal acetylenes is 1. The molecule has 3 amide bonds. The molecule has 15 nitrogen and oxygen atoms in total. The van der Waals surface area contributed by atoms with Crippen LogP contribution in [0.2, 0.25) is 0 Å². The number of aliphatic hydroxyl groups is 2. The van der Waals surface area contributed by atoms with E-state index in [1.54, 1.807) is 36.3 Å². The number of pyridine rings is 2. The molecule has 4 fully saturated rings. The molecule has 1 saturated heterocycles. The van der Waals surface area contributed by atoms with Crippen LogP contribution in [-0.2, 0) is 51.2 Å². The van der Waals surface area contributed by atoms with Gasteiger partial charge in [-0.1, -0.05) is 221 Å². The van der Waals surface area contributed by atoms with E-state index in [1.165, 1.54) is 43.1 Å². The van der Waals surface area contributed by atoms with Crippen molar-refractivity contribution in [3.8, 4) is 35.8 Å². The van der Waals surface area contributed by atoms with Gasteiger partial charge in [-0.25, -0.2) is 19.3 Å². The largest absolute Gasteiger partial charge is 0.0622 e. The van der Waals surface area contributed by atoms with Crippen molar-refractivity contribution in [3.63, 3.8) is 0 Å². The number of benzene rings is 6. The zero-order valence-electron chi connectivity index (χ0n) is 56.0. The molecule has 0 spiro atoms. The zero-order chi connectivity index (χ0) is 71.5. The Hall–Kier alpha value is -8.01. The van der Waals surface area contributed by atoms with E-state index in [-0.39, 0.29) is 46.9 Å². The maximum atomic E-state index is 12.1. The fourth-order valence-electron chi connectivity index (χ4n) is 13.5. The van der Waals surface area contributed by atoms with E-state index in [0.717, 1.165) is 70.4 Å². The molecule has 6 N–H and O–H groups in total. The Morgan fingerprint density at radius 2 is 0.971 bits per heavy atom. The summed E-state index contributed by atoms with van der Waals surface area (Å²) >= 11 is 2.14. The molecular formula is C81H80Cl2IN9O6P2Pd. The fraction of sp³-hybridized carbons (Fsp3) is 0.259. The van der Waals surface area contributed by atoms with Crippen LogP contribution >= 0.6 is 57.5 Å². The minimum Gasteiger partial charge on any atom is -0.0622 e. The van der Waals surface area contributed by atoms with Gasteiger partial charge in [0, 0.05) is 59.1 Å². The number of fused-ring (bicyclic) bond motifs is 4. The van der Waals surface area contributed by atoms with E-state index in [9.17, 15) is 29.4 Å². The third-order valence-electron chi connectivity index (χ3n) is 19.3. The number of hydrogen-bond acceptors (Lipinski definition) is 10. The van der Waals surface area contributed by atoms with E-state index in [4.69, 9.17) is 36.9 Å². The SMILES string of the molecule is C.C#C[C@]1(O)CCCC1=O.CN1CC[C@@](O)(C#Cc2ccnc(-n3nc(C(N)=O)c4c3C[C@]3(C)C[C@@H]3C4)c2)C1=O.C[C@]12Cc3c(c(C(N)=O)nn3-c3cc(I)ccn3)C[C@H]1C2.[Cl][Pd][Cl].c1ccc(P(c2ccccc2)c2ccccc2)cc1.c1ccc(P(c2ccccc2)c2ccccc2)cc1. The number of nitrogens with two attached hydrogens (primary N) is 2. The predicted molar refractivity (Wildman–Crippen MR) is 415 cm³/mol. The topological polar surface area (TPSA) is 225 Å². The van der Waals surface area contributed by atoms with Crippen LogP contribution < -0.4 is 43.3 Å². The molecule has 6 aromatic carbocycles. The van der Waals surface area contributed by atoms with Crippen LogP contribution in [0, 0.1) is 50.4 Å². The number of likely N-dealkylation sites (N-methyl/N-ethyl adjacent to an activating group) is 1. The summed E-state index contributed by atoms with van der Waals surface area (Å²) in [4.78, 5) is 56.8. The fourth-order valence-corrected chi connectivity index (χ4v) is 18.6. The van der Waals surface area contributed by atoms with Gasteiger partial charge in [0.15, 0.2) is 34.4 Å². The van der Waals surface area contributed by atoms with Gasteiger partial charge in [0.25, 0.3) is 17.7 Å². The first-order valence-electron chi connectivity index (χ1n) is 33.1. The molecule has 16 rings (SSSR count). The monoisotopic (exact) mass is 1640 g/mol. The number of hydrogen-bond donors (Lipinski definition) is 4. The Morgan fingerprint density at radius 1 is 0.598 bits per heavy atom. The van der Waals surface area contributed by atoms with Gasteiger partial charge in [-0.2, -0.15) is 10.2 Å². The van der Waals surface area contributed by atoms with Crippen LogP contribution in [0.4, 0.5) is 0 Å². The number of nitrogens with zero attached hydrogens (tertiary/aromatic N) is 7. The van der Waals surface area contributed by atoms with E-state index < -0.39 is 38.9 Å². The Labute approximate surface area is 629 Å². The van der Waals surface area contributed by atoms with Gasteiger partial charge in [0.1, 0.15) is 0 Å². The van der Waals surface area contributed by atoms with Crippen molar-refractivity contribution >= 4 is 113 Å². The Morgan fingerprint density at radius 3 is 1.28 bits per heavy atom. The summed E-state index contributed by atoms with van der Waals surface area (Å²) < 4.78 is 4.61. The van der Waals surface area contributed by atoms with Crippen molar-refractivity contribution in [1.82, 2.24) is 34.4 Å². The first-order valence-corrected chi connectivity index (χ1v) is 40.8. The van der Waals surface area contributed by atoms with E-state index in [2.05, 4.69) is 256 Å². The van der Waals surface area contributed by atoms with E-state index in [1.807, 2.05) is 16.8 Å². The molecule has 6 atom stereocenters. The van der Waals surface area contributed by atoms with Crippen molar-refractivity contribution < 1.29 is 45.3 Å². The number of ketones is 1. The first kappa shape index (κ1) is 76.6. The second-order valence-electron chi connectivity index (χ2n) is 26.3. The van der Waals surface area contributed by atoms with Gasteiger partial charge in [-0.15, -0.1) is 6.42 Å². The molecule has 5 aliphatic carbocycles. The summed E-state index contributed by atoms with van der Waals surface area (Å²) in [6.07, 6.45) is 16.0. The minimum atomic E-state index is -1.65. The smallest absolute Gasteiger partial charge is 0.0134 e. The second kappa shape index (κ2) is 34.1. The number of halogens is 3. The van der Waals surface area contributed by atoms with Gasteiger partial charge < -0.3 is 26.6 Å². The van der Waals surface area contributed by atoms with Crippen molar-refractivity contribution in [2.24, 2.45) is 34.1 Å². The summed E-state index contributed by atoms with van der Waals surface area (Å²) in [5.74, 6) is 8.70. The number of rotatable bonds is 10. The molecule has 4 aromatic heterocycles. The Balaban J connectivity index is 0.000000140. The van der Waals surface area contributed by atoms with Crippen LogP contribution in [0.15, 0.2) is 219 Å². The molecule has 526 valence electrons. The predicted octanol–water partition coefficient (Wildman–Crippen LogP) is 11.5. The van der Waals surface area contributed by atoms with Crippen LogP contribution in [0.5, 0.6) is 0 Å². The summed E-state index contributed by atoms with van der Waals surface area (Å²) in [5, 5.41) is 37.0. The molecule has 3 saturated carbocycles. The van der Waals surface area contributed by atoms with Gasteiger partial charge in [0.2, 0.25) is 5.60 Å². The number of amides is 3. The Kier molecular flexibility index (Phi) is 25.6. The second-order valence-corrected chi connectivity index (χ2v) is 34.4. The van der Waals surface area contributed by atoms with Crippen molar-refractivity contribution in [1.29, 1.82) is 0 Å². The molecule has 0 unspecified atom stereocenters. The van der Waals surface area contributed by atoms with Gasteiger partial charge in [0.05, 0.1) is 11.4 Å². The van der Waals surface area contributed by atoms with Crippen molar-refractivity contribution in [2.45, 2.75) is 96.7 Å². The molecule has 1 aliphatic heterocycles. The molecular weight excluding hydrogens is 1560 g/mol. The van der Waals surface area contributed by atoms with Crippen molar-refractivity contribution in [2.75, 3.05) is 13.6 Å². The molecule has 21 heteroatoms. The molecule has 102 heavy (non-hydrogen) atoms. The molecule has 10 aromatic rings. The van der Waals surface area contributed by atoms with Gasteiger partial charge in [-0.05, 0) is 169 Å². The first-order chi connectivity index (χ1) is 48.7. The standard InChI is InChI=1S/C22H23N5O3.2C18H15P.C15H15IN4O.C7H8O2.CH4.2ClH.Pd/c1-21-11-14(21)10-15-16(12-21)27(25-18(15)19(23)28)17-9-13(4-7-24-17)3-5-22(30)6-8-26(2)20(22)29;2*1-4-10-16(11-5-1)19(17-12-6-2-7-13-17)18-14-8-3-9-15-18;1-15-6-8(15)4-10-11(7-15)20(19-13(10)14(17)21)12-5-9(16)2-3-18-12;1-2-7(9)5-3-4-6(7)8;;;;/h4,7,9,14,30H,6,8,10-12H2,1-2H3,(H2,23,28);2*1-15H;2-3,5,8H,4,6-7H2,1H3,(H2,17,21);1,9H,3-5H2;1H4;2*1H;/q;;;;;;;;+2/p-2/t14-,21-,22-;;;8-,15-;7-;;;;/m0..00..../s1. The van der Waals surface area contributed by atoms with Crippen LogP contribution in [0.1, 0.15) is 109 Å². The molecule has 6 aliphatic rings. The number of carbonyl (C=O) groups excluding carboxylic acids is 4. The number of aromatic nitrogens is 6. The number of likely N-dealkylation sites (tertiary alicyclic amines) is 1. The number of carbonyl (C=O) groups is 4.